The Hall–Kier alpha value is -3.43. The molecule has 0 saturated carbocycles. The molecule has 0 fully saturated rings. The van der Waals surface area contributed by atoms with E-state index in [-0.39, 0.29) is 5.56 Å². The summed E-state index contributed by atoms with van der Waals surface area (Å²) in [5.41, 5.74) is 2.22. The molecule has 8 nitrogen and oxygen atoms in total. The lowest BCUT2D eigenvalue weighted by molar-refractivity contribution is 0.0979. The maximum Gasteiger partial charge on any atom is 0.303 e. The van der Waals surface area contributed by atoms with E-state index in [2.05, 4.69) is 11.9 Å². The molecule has 2 N–H and O–H groups in total. The summed E-state index contributed by atoms with van der Waals surface area (Å²) in [5.74, 6) is -0.264. The number of hydrogen-bond donors (Lipinski definition) is 2. The molecule has 0 aliphatic carbocycles. The summed E-state index contributed by atoms with van der Waals surface area (Å²) in [4.78, 5) is 28.8. The van der Waals surface area contributed by atoms with E-state index in [4.69, 9.17) is 4.74 Å². The predicted octanol–water partition coefficient (Wildman–Crippen LogP) is 4.51. The van der Waals surface area contributed by atoms with E-state index in [1.807, 2.05) is 48.0 Å². The second kappa shape index (κ2) is 12.0. The first-order chi connectivity index (χ1) is 17.1. The van der Waals surface area contributed by atoms with Gasteiger partial charge in [-0.15, -0.1) is 0 Å². The maximum absolute atomic E-state index is 13.1. The Bertz CT molecular complexity index is 1350. The van der Waals surface area contributed by atoms with Gasteiger partial charge in [0.25, 0.3) is 11.5 Å². The number of carbonyl (C=O) groups is 1. The van der Waals surface area contributed by atoms with Gasteiger partial charge in [0.05, 0.1) is 6.61 Å². The van der Waals surface area contributed by atoms with Gasteiger partial charge in [0, 0.05) is 25.4 Å². The van der Waals surface area contributed by atoms with Crippen LogP contribution in [0.3, 0.4) is 0 Å². The predicted molar refractivity (Wildman–Crippen MR) is 142 cm³/mol. The van der Waals surface area contributed by atoms with E-state index in [0.717, 1.165) is 34.0 Å². The monoisotopic (exact) mass is 511 g/mol. The Kier molecular flexibility index (Phi) is 9.06. The average molecular weight is 512 g/mol. The Balaban J connectivity index is 1.97. The van der Waals surface area contributed by atoms with Crippen molar-refractivity contribution in [2.45, 2.75) is 39.5 Å². The van der Waals surface area contributed by atoms with Crippen LogP contribution in [-0.4, -0.2) is 44.3 Å². The molecule has 9 heteroatoms. The Morgan fingerprint density at radius 1 is 0.972 bits per heavy atom. The molecule has 192 valence electrons. The zero-order valence-corrected chi connectivity index (χ0v) is 21.9. The van der Waals surface area contributed by atoms with Crippen molar-refractivity contribution in [3.05, 3.63) is 76.1 Å². The average Bonchev–Trinajstić information content (AvgIpc) is 2.84. The van der Waals surface area contributed by atoms with Gasteiger partial charge in [0.2, 0.25) is 0 Å². The molecule has 1 amide bonds. The van der Waals surface area contributed by atoms with Crippen molar-refractivity contribution in [2.75, 3.05) is 20.7 Å². The molecule has 0 saturated heterocycles. The van der Waals surface area contributed by atoms with Crippen LogP contribution >= 0.6 is 0 Å². The molecule has 0 aliphatic heterocycles. The highest BCUT2D eigenvalue weighted by Crippen LogP contribution is 2.28. The maximum atomic E-state index is 13.1. The number of unbranched alkanes of at least 4 members (excludes halogenated alkanes) is 3. The highest BCUT2D eigenvalue weighted by Gasteiger charge is 2.24. The van der Waals surface area contributed by atoms with Crippen LogP contribution in [0.25, 0.3) is 22.4 Å². The second-order valence-corrected chi connectivity index (χ2v) is 10.7. The van der Waals surface area contributed by atoms with Gasteiger partial charge in [-0.3, -0.25) is 9.59 Å². The number of amides is 1. The van der Waals surface area contributed by atoms with E-state index in [1.165, 1.54) is 26.9 Å². The molecule has 0 spiro atoms. The van der Waals surface area contributed by atoms with Gasteiger partial charge in [-0.2, -0.15) is 12.7 Å². The summed E-state index contributed by atoms with van der Waals surface area (Å²) < 4.78 is 33.1. The number of benzene rings is 2. The molecule has 3 rings (SSSR count). The lowest BCUT2D eigenvalue weighted by Gasteiger charge is -2.15. The van der Waals surface area contributed by atoms with Gasteiger partial charge in [-0.05, 0) is 54.8 Å². The third kappa shape index (κ3) is 6.83. The number of rotatable bonds is 11. The normalized spacial score (nSPS) is 11.5. The van der Waals surface area contributed by atoms with Gasteiger partial charge < -0.3 is 9.72 Å². The minimum Gasteiger partial charge on any atom is -0.494 e. The van der Waals surface area contributed by atoms with Crippen molar-refractivity contribution in [1.82, 2.24) is 14.0 Å². The summed E-state index contributed by atoms with van der Waals surface area (Å²) in [7, 11) is -1.49. The first-order valence-corrected chi connectivity index (χ1v) is 13.4. The summed E-state index contributed by atoms with van der Waals surface area (Å²) in [5, 5.41) is 0. The van der Waals surface area contributed by atoms with Gasteiger partial charge in [-0.25, -0.2) is 4.72 Å². The number of H-pyrrole nitrogens is 1. The molecule has 3 aromatic rings. The second-order valence-electron chi connectivity index (χ2n) is 8.82. The summed E-state index contributed by atoms with van der Waals surface area (Å²) in [6.07, 6.45) is 4.49. The summed E-state index contributed by atoms with van der Waals surface area (Å²) in [6, 6.07) is 16.3. The third-order valence-electron chi connectivity index (χ3n) is 5.76. The van der Waals surface area contributed by atoms with Crippen molar-refractivity contribution in [1.29, 1.82) is 0 Å². The number of pyridine rings is 1. The molecule has 36 heavy (non-hydrogen) atoms. The van der Waals surface area contributed by atoms with Crippen molar-refractivity contribution in [3.63, 3.8) is 0 Å². The van der Waals surface area contributed by atoms with Gasteiger partial charge >= 0.3 is 10.2 Å². The van der Waals surface area contributed by atoms with Crippen LogP contribution in [0.5, 0.6) is 5.75 Å². The Labute approximate surface area is 212 Å². The molecular formula is C27H33N3O5S. The van der Waals surface area contributed by atoms with E-state index < -0.39 is 21.7 Å². The smallest absolute Gasteiger partial charge is 0.303 e. The number of hydrogen-bond acceptors (Lipinski definition) is 5. The summed E-state index contributed by atoms with van der Waals surface area (Å²) in [6.45, 7) is 4.74. The van der Waals surface area contributed by atoms with Crippen LogP contribution < -0.4 is 15.0 Å². The van der Waals surface area contributed by atoms with Gasteiger partial charge in [-0.1, -0.05) is 56.0 Å². The molecule has 2 aromatic carbocycles. The highest BCUT2D eigenvalue weighted by atomic mass is 32.2. The highest BCUT2D eigenvalue weighted by molar-refractivity contribution is 7.87. The largest absolute Gasteiger partial charge is 0.494 e. The minimum atomic E-state index is -4.08. The number of aromatic amines is 1. The van der Waals surface area contributed by atoms with E-state index >= 15 is 0 Å². The van der Waals surface area contributed by atoms with Gasteiger partial charge in [0.1, 0.15) is 11.3 Å². The zero-order valence-electron chi connectivity index (χ0n) is 21.1. The van der Waals surface area contributed by atoms with Crippen molar-refractivity contribution >= 4 is 16.1 Å². The van der Waals surface area contributed by atoms with Crippen molar-refractivity contribution in [3.8, 4) is 28.1 Å². The van der Waals surface area contributed by atoms with Crippen molar-refractivity contribution in [2.24, 2.45) is 0 Å². The number of ether oxygens (including phenoxy) is 1. The topological polar surface area (TPSA) is 109 Å². The fourth-order valence-corrected chi connectivity index (χ4v) is 4.13. The molecular weight excluding hydrogens is 478 g/mol. The van der Waals surface area contributed by atoms with Crippen molar-refractivity contribution < 1.29 is 17.9 Å². The van der Waals surface area contributed by atoms with Crippen LogP contribution in [0.2, 0.25) is 0 Å². The van der Waals surface area contributed by atoms with Gasteiger partial charge in [0.15, 0.2) is 0 Å². The molecule has 0 aliphatic rings. The SMILES string of the molecule is CCCCCCOc1ccc(-c2cc(-c3ccc(C)cc3)c(C(=O)NS(=O)(=O)N(C)C)c(=O)[nH]2)cc1. The Morgan fingerprint density at radius 2 is 1.61 bits per heavy atom. The van der Waals surface area contributed by atoms with Crippen LogP contribution in [0, 0.1) is 6.92 Å². The molecule has 1 aromatic heterocycles. The van der Waals surface area contributed by atoms with E-state index in [9.17, 15) is 18.0 Å². The summed E-state index contributed by atoms with van der Waals surface area (Å²) >= 11 is 0. The standard InChI is InChI=1S/C27H33N3O5S/c1-5-6-7-8-17-35-22-15-13-21(14-16-22)24-18-23(20-11-9-19(2)10-12-20)25(26(31)28-24)27(32)29-36(33,34)30(3)4/h9-16,18H,5-8,17H2,1-4H3,(H,28,31)(H,29,32). The first kappa shape index (κ1) is 27.2. The van der Waals surface area contributed by atoms with Crippen LogP contribution in [0.1, 0.15) is 48.5 Å². The Morgan fingerprint density at radius 3 is 2.22 bits per heavy atom. The lowest BCUT2D eigenvalue weighted by atomic mass is 9.97. The molecule has 0 radical (unpaired) electrons. The molecule has 0 bridgehead atoms. The van der Waals surface area contributed by atoms with Crippen LogP contribution in [-0.2, 0) is 10.2 Å². The number of nitrogens with one attached hydrogen (secondary N) is 2. The first-order valence-electron chi connectivity index (χ1n) is 11.9. The fraction of sp³-hybridized carbons (Fsp3) is 0.333. The number of nitrogens with zero attached hydrogens (tertiary/aromatic N) is 1. The van der Waals surface area contributed by atoms with Crippen LogP contribution in [0.15, 0.2) is 59.4 Å². The zero-order chi connectivity index (χ0) is 26.3. The number of aryl methyl sites for hydroxylation is 1. The van der Waals surface area contributed by atoms with E-state index in [0.29, 0.717) is 23.4 Å². The molecule has 1 heterocycles. The molecule has 0 atom stereocenters. The van der Waals surface area contributed by atoms with Crippen LogP contribution in [0.4, 0.5) is 0 Å². The fourth-order valence-electron chi connectivity index (χ4n) is 3.61. The molecule has 0 unspecified atom stereocenters. The third-order valence-corrected chi connectivity index (χ3v) is 7.16. The quantitative estimate of drug-likeness (QED) is 0.368. The minimum absolute atomic E-state index is 0.278. The number of carbonyl (C=O) groups excluding carboxylic acids is 1. The van der Waals surface area contributed by atoms with E-state index in [1.54, 1.807) is 18.2 Å². The lowest BCUT2D eigenvalue weighted by Crippen LogP contribution is -2.41. The number of aromatic nitrogens is 1.